The van der Waals surface area contributed by atoms with E-state index in [1.807, 2.05) is 0 Å². The molecule has 0 spiro atoms. The van der Waals surface area contributed by atoms with Gasteiger partial charge in [0, 0.05) is 24.2 Å². The van der Waals surface area contributed by atoms with Crippen LogP contribution in [0.15, 0.2) is 0 Å². The number of fused-ring (bicyclic) bond motifs is 4. The van der Waals surface area contributed by atoms with E-state index < -0.39 is 17.4 Å². The zero-order valence-electron chi connectivity index (χ0n) is 15.9. The minimum Gasteiger partial charge on any atom is -0.481 e. The Balaban J connectivity index is 1.68. The molecule has 4 bridgehead atoms. The second-order valence-electron chi connectivity index (χ2n) is 9.35. The number of piperidine rings is 2. The van der Waals surface area contributed by atoms with Gasteiger partial charge >= 0.3 is 11.9 Å². The molecule has 4 rings (SSSR count). The highest BCUT2D eigenvalue weighted by atomic mass is 16.4. The van der Waals surface area contributed by atoms with Crippen molar-refractivity contribution in [3.63, 3.8) is 0 Å². The normalized spacial score (nSPS) is 42.5. The molecule has 4 aliphatic heterocycles. The van der Waals surface area contributed by atoms with Crippen LogP contribution in [0.3, 0.4) is 0 Å². The van der Waals surface area contributed by atoms with Crippen molar-refractivity contribution in [3.05, 3.63) is 0 Å². The van der Waals surface area contributed by atoms with Crippen LogP contribution >= 0.6 is 0 Å². The van der Waals surface area contributed by atoms with Crippen LogP contribution in [0.2, 0.25) is 0 Å². The number of hydrogen-bond acceptors (Lipinski definition) is 4. The van der Waals surface area contributed by atoms with Crippen LogP contribution in [-0.2, 0) is 9.59 Å². The maximum Gasteiger partial charge on any atom is 0.310 e. The molecule has 4 aliphatic rings. The number of rotatable bonds is 5. The summed E-state index contributed by atoms with van der Waals surface area (Å²) in [7, 11) is 4.29. The molecule has 0 radical (unpaired) electrons. The maximum absolute atomic E-state index is 12.7. The number of carbonyl (C=O) groups is 2. The van der Waals surface area contributed by atoms with Gasteiger partial charge in [-0.1, -0.05) is 0 Å². The Labute approximate surface area is 155 Å². The maximum atomic E-state index is 12.7. The molecule has 4 fully saturated rings. The van der Waals surface area contributed by atoms with Gasteiger partial charge in [0.05, 0.1) is 11.8 Å². The third-order valence-electron chi connectivity index (χ3n) is 8.50. The predicted molar refractivity (Wildman–Crippen MR) is 96.9 cm³/mol. The Hall–Kier alpha value is -1.14. The van der Waals surface area contributed by atoms with Crippen LogP contribution in [0.4, 0.5) is 0 Å². The van der Waals surface area contributed by atoms with Crippen molar-refractivity contribution in [2.24, 2.45) is 17.3 Å². The molecule has 6 atom stereocenters. The molecule has 0 amide bonds. The van der Waals surface area contributed by atoms with Gasteiger partial charge in [-0.3, -0.25) is 9.59 Å². The van der Waals surface area contributed by atoms with Crippen LogP contribution in [0.1, 0.15) is 57.8 Å². The van der Waals surface area contributed by atoms with Crippen molar-refractivity contribution in [1.82, 2.24) is 9.80 Å². The summed E-state index contributed by atoms with van der Waals surface area (Å²) in [5, 5.41) is 20.1. The van der Waals surface area contributed by atoms with E-state index in [0.29, 0.717) is 24.2 Å². The van der Waals surface area contributed by atoms with E-state index in [1.54, 1.807) is 0 Å². The summed E-state index contributed by atoms with van der Waals surface area (Å²) in [6.07, 6.45) is 7.64. The molecule has 0 aliphatic carbocycles. The first-order valence-electron chi connectivity index (χ1n) is 10.2. The summed E-state index contributed by atoms with van der Waals surface area (Å²) < 4.78 is 0. The fourth-order valence-corrected chi connectivity index (χ4v) is 6.96. The van der Waals surface area contributed by atoms with Gasteiger partial charge in [-0.25, -0.2) is 0 Å². The lowest BCUT2D eigenvalue weighted by Gasteiger charge is -2.51. The van der Waals surface area contributed by atoms with Crippen molar-refractivity contribution >= 4 is 11.9 Å². The Morgan fingerprint density at radius 1 is 0.808 bits per heavy atom. The zero-order valence-corrected chi connectivity index (χ0v) is 15.9. The van der Waals surface area contributed by atoms with Crippen LogP contribution in [0.25, 0.3) is 0 Å². The third-order valence-corrected chi connectivity index (χ3v) is 8.50. The van der Waals surface area contributed by atoms with Crippen molar-refractivity contribution in [2.75, 3.05) is 14.1 Å². The molecule has 0 aromatic carbocycles. The summed E-state index contributed by atoms with van der Waals surface area (Å²) in [5.74, 6) is -1.84. The molecular weight excluding hydrogens is 332 g/mol. The Bertz CT molecular complexity index is 532. The number of carboxylic acids is 2. The average Bonchev–Trinajstić information content (AvgIpc) is 2.94. The van der Waals surface area contributed by atoms with Gasteiger partial charge in [0.25, 0.3) is 0 Å². The number of aliphatic carboxylic acids is 2. The van der Waals surface area contributed by atoms with Crippen molar-refractivity contribution in [1.29, 1.82) is 0 Å². The highest BCUT2D eigenvalue weighted by Crippen LogP contribution is 2.55. The van der Waals surface area contributed by atoms with E-state index in [1.165, 1.54) is 0 Å². The molecular formula is C20H32N2O4. The van der Waals surface area contributed by atoms with E-state index in [0.717, 1.165) is 51.4 Å². The standard InChI is InChI=1S/C20H32N2O4/c1-21-14-3-4-15(21)8-12(7-14)20(19(25)26,11-18(23)24)13-9-16-5-6-17(10-13)22(16)2/h12-17H,3-11H2,1-2H3,(H,23,24)(H,25,26)/t12?,13?,14-,15+,16-,17+,20?. The smallest absolute Gasteiger partial charge is 0.310 e. The van der Waals surface area contributed by atoms with E-state index >= 15 is 0 Å². The number of nitrogens with zero attached hydrogens (tertiary/aromatic N) is 2. The van der Waals surface area contributed by atoms with Gasteiger partial charge in [-0.05, 0) is 77.3 Å². The second kappa shape index (κ2) is 6.48. The van der Waals surface area contributed by atoms with Crippen LogP contribution in [0, 0.1) is 17.3 Å². The van der Waals surface area contributed by atoms with E-state index in [9.17, 15) is 19.8 Å². The fourth-order valence-electron chi connectivity index (χ4n) is 6.96. The van der Waals surface area contributed by atoms with Crippen LogP contribution in [-0.4, -0.2) is 70.2 Å². The molecule has 0 aromatic heterocycles. The molecule has 2 unspecified atom stereocenters. The molecule has 146 valence electrons. The largest absolute Gasteiger partial charge is 0.481 e. The molecule has 0 saturated carbocycles. The first-order valence-corrected chi connectivity index (χ1v) is 10.2. The highest BCUT2D eigenvalue weighted by molar-refractivity contribution is 5.82. The molecule has 26 heavy (non-hydrogen) atoms. The minimum absolute atomic E-state index is 0.0161. The fraction of sp³-hybridized carbons (Fsp3) is 0.900. The quantitative estimate of drug-likeness (QED) is 0.779. The predicted octanol–water partition coefficient (Wildman–Crippen LogP) is 2.28. The monoisotopic (exact) mass is 364 g/mol. The first-order chi connectivity index (χ1) is 12.3. The first kappa shape index (κ1) is 18.2. The molecule has 4 saturated heterocycles. The average molecular weight is 364 g/mol. The van der Waals surface area contributed by atoms with Gasteiger partial charge in [-0.15, -0.1) is 0 Å². The summed E-state index contributed by atoms with van der Waals surface area (Å²) in [6, 6.07) is 1.70. The Morgan fingerprint density at radius 3 is 1.42 bits per heavy atom. The topological polar surface area (TPSA) is 81.1 Å². The van der Waals surface area contributed by atoms with Crippen LogP contribution in [0.5, 0.6) is 0 Å². The molecule has 6 heteroatoms. The highest BCUT2D eigenvalue weighted by Gasteiger charge is 2.59. The van der Waals surface area contributed by atoms with E-state index in [-0.39, 0.29) is 18.3 Å². The SMILES string of the molecule is CN1[C@@H]2CC[C@H]1CC(C(CC(=O)O)(C(=O)O)C1C[C@H]3CC[C@@H](C1)N3C)C2. The summed E-state index contributed by atoms with van der Waals surface area (Å²) in [5.41, 5.74) is -1.10. The van der Waals surface area contributed by atoms with Gasteiger partial charge in [-0.2, -0.15) is 0 Å². The van der Waals surface area contributed by atoms with Crippen molar-refractivity contribution < 1.29 is 19.8 Å². The summed E-state index contributed by atoms with van der Waals surface area (Å²) in [4.78, 5) is 29.3. The van der Waals surface area contributed by atoms with Gasteiger partial charge in [0.1, 0.15) is 0 Å². The van der Waals surface area contributed by atoms with Gasteiger partial charge in [0.2, 0.25) is 0 Å². The zero-order chi connectivity index (χ0) is 18.6. The van der Waals surface area contributed by atoms with Crippen LogP contribution < -0.4 is 0 Å². The lowest BCUT2D eigenvalue weighted by Crippen LogP contribution is -2.56. The summed E-state index contributed by atoms with van der Waals surface area (Å²) >= 11 is 0. The van der Waals surface area contributed by atoms with Gasteiger partial charge < -0.3 is 20.0 Å². The number of carboxylic acid groups (broad SMARTS) is 2. The third kappa shape index (κ3) is 2.68. The van der Waals surface area contributed by atoms with E-state index in [2.05, 4.69) is 23.9 Å². The van der Waals surface area contributed by atoms with E-state index in [4.69, 9.17) is 0 Å². The lowest BCUT2D eigenvalue weighted by atomic mass is 9.57. The Kier molecular flexibility index (Phi) is 4.55. The molecule has 4 heterocycles. The summed E-state index contributed by atoms with van der Waals surface area (Å²) in [6.45, 7) is 0. The molecule has 0 aromatic rings. The molecule has 6 nitrogen and oxygen atoms in total. The second-order valence-corrected chi connectivity index (χ2v) is 9.35. The van der Waals surface area contributed by atoms with Crippen molar-refractivity contribution in [2.45, 2.75) is 82.0 Å². The lowest BCUT2D eigenvalue weighted by molar-refractivity contribution is -0.170. The minimum atomic E-state index is -1.10. The molecule has 2 N–H and O–H groups in total. The number of hydrogen-bond donors (Lipinski definition) is 2. The van der Waals surface area contributed by atoms with Gasteiger partial charge in [0.15, 0.2) is 0 Å². The Morgan fingerprint density at radius 2 is 1.15 bits per heavy atom. The van der Waals surface area contributed by atoms with Crippen molar-refractivity contribution in [3.8, 4) is 0 Å².